The van der Waals surface area contributed by atoms with E-state index >= 15 is 0 Å². The van der Waals surface area contributed by atoms with Gasteiger partial charge >= 0.3 is 0 Å². The van der Waals surface area contributed by atoms with Gasteiger partial charge in [0.2, 0.25) is 0 Å². The minimum atomic E-state index is -0.637. The first-order valence-corrected chi connectivity index (χ1v) is 11.3. The predicted octanol–water partition coefficient (Wildman–Crippen LogP) is 3.54. The van der Waals surface area contributed by atoms with E-state index in [2.05, 4.69) is 5.10 Å². The smallest absolute Gasteiger partial charge is 0.263 e. The molecule has 0 N–H and O–H groups in total. The predicted molar refractivity (Wildman–Crippen MR) is 127 cm³/mol. The second-order valence-corrected chi connectivity index (χ2v) is 8.56. The normalized spacial score (nSPS) is 17.0. The standard InChI is InChI=1S/C26H30N4O3/c1-18-17-29(26(32)21-9-6-5-7-10-21)15-16-30(18)25(31)20(3)33-24-12-8-11-22(19(24)2)23-13-14-28(4)27-23/h5-14,18,20H,15-17H2,1-4H3. The van der Waals surface area contributed by atoms with Crippen molar-refractivity contribution in [2.75, 3.05) is 19.6 Å². The van der Waals surface area contributed by atoms with Crippen molar-refractivity contribution in [1.29, 1.82) is 0 Å². The van der Waals surface area contributed by atoms with Gasteiger partial charge in [-0.05, 0) is 45.0 Å². The topological polar surface area (TPSA) is 67.7 Å². The monoisotopic (exact) mass is 446 g/mol. The van der Waals surface area contributed by atoms with Crippen LogP contribution in [-0.4, -0.2) is 63.2 Å². The minimum absolute atomic E-state index is 0.000749. The zero-order valence-electron chi connectivity index (χ0n) is 19.6. The molecule has 7 heteroatoms. The molecule has 0 saturated carbocycles. The molecule has 7 nitrogen and oxygen atoms in total. The Hall–Kier alpha value is -3.61. The van der Waals surface area contributed by atoms with Crippen molar-refractivity contribution in [1.82, 2.24) is 19.6 Å². The molecular weight excluding hydrogens is 416 g/mol. The Morgan fingerprint density at radius 1 is 1.06 bits per heavy atom. The summed E-state index contributed by atoms with van der Waals surface area (Å²) in [6.45, 7) is 7.23. The van der Waals surface area contributed by atoms with E-state index in [0.29, 0.717) is 30.9 Å². The van der Waals surface area contributed by atoms with Crippen molar-refractivity contribution in [3.05, 3.63) is 71.9 Å². The maximum Gasteiger partial charge on any atom is 0.263 e. The summed E-state index contributed by atoms with van der Waals surface area (Å²) in [6.07, 6.45) is 1.26. The van der Waals surface area contributed by atoms with Gasteiger partial charge in [-0.15, -0.1) is 0 Å². The van der Waals surface area contributed by atoms with E-state index in [9.17, 15) is 9.59 Å². The lowest BCUT2D eigenvalue weighted by Crippen LogP contribution is -2.57. The summed E-state index contributed by atoms with van der Waals surface area (Å²) in [5, 5.41) is 4.48. The second kappa shape index (κ2) is 9.48. The average molecular weight is 447 g/mol. The molecule has 33 heavy (non-hydrogen) atoms. The Balaban J connectivity index is 1.41. The Labute approximate surface area is 194 Å². The Morgan fingerprint density at radius 2 is 1.82 bits per heavy atom. The van der Waals surface area contributed by atoms with Crippen LogP contribution >= 0.6 is 0 Å². The van der Waals surface area contributed by atoms with Crippen LogP contribution < -0.4 is 4.74 Å². The maximum atomic E-state index is 13.2. The third-order valence-electron chi connectivity index (χ3n) is 6.14. The van der Waals surface area contributed by atoms with Crippen molar-refractivity contribution in [2.45, 2.75) is 32.9 Å². The molecule has 1 aromatic heterocycles. The van der Waals surface area contributed by atoms with Gasteiger partial charge in [0.25, 0.3) is 11.8 Å². The molecule has 1 fully saturated rings. The highest BCUT2D eigenvalue weighted by atomic mass is 16.5. The fraction of sp³-hybridized carbons (Fsp3) is 0.346. The van der Waals surface area contributed by atoms with Gasteiger partial charge < -0.3 is 14.5 Å². The number of aryl methyl sites for hydroxylation is 1. The van der Waals surface area contributed by atoms with Crippen LogP contribution in [0.3, 0.4) is 0 Å². The molecule has 2 aromatic carbocycles. The zero-order valence-corrected chi connectivity index (χ0v) is 19.6. The Bertz CT molecular complexity index is 1140. The van der Waals surface area contributed by atoms with Crippen LogP contribution in [0.15, 0.2) is 60.8 Å². The molecule has 0 spiro atoms. The number of aromatic nitrogens is 2. The summed E-state index contributed by atoms with van der Waals surface area (Å²) in [5.74, 6) is 0.599. The molecule has 0 radical (unpaired) electrons. The zero-order chi connectivity index (χ0) is 23.5. The number of carbonyl (C=O) groups excluding carboxylic acids is 2. The van der Waals surface area contributed by atoms with Gasteiger partial charge in [0.1, 0.15) is 5.75 Å². The van der Waals surface area contributed by atoms with Gasteiger partial charge in [0.05, 0.1) is 5.69 Å². The molecule has 1 saturated heterocycles. The maximum absolute atomic E-state index is 13.2. The van der Waals surface area contributed by atoms with E-state index in [1.807, 2.05) is 91.5 Å². The van der Waals surface area contributed by atoms with Gasteiger partial charge in [-0.25, -0.2) is 0 Å². The van der Waals surface area contributed by atoms with E-state index < -0.39 is 6.10 Å². The van der Waals surface area contributed by atoms with E-state index in [-0.39, 0.29) is 17.9 Å². The van der Waals surface area contributed by atoms with E-state index in [1.54, 1.807) is 11.6 Å². The van der Waals surface area contributed by atoms with Crippen molar-refractivity contribution in [3.63, 3.8) is 0 Å². The Kier molecular flexibility index (Phi) is 6.49. The molecule has 1 aliphatic heterocycles. The third-order valence-corrected chi connectivity index (χ3v) is 6.14. The lowest BCUT2D eigenvalue weighted by molar-refractivity contribution is -0.142. The fourth-order valence-electron chi connectivity index (χ4n) is 4.29. The minimum Gasteiger partial charge on any atom is -0.481 e. The number of hydrogen-bond acceptors (Lipinski definition) is 4. The number of rotatable bonds is 5. The quantitative estimate of drug-likeness (QED) is 0.601. The summed E-state index contributed by atoms with van der Waals surface area (Å²) in [7, 11) is 1.88. The highest BCUT2D eigenvalue weighted by Crippen LogP contribution is 2.30. The van der Waals surface area contributed by atoms with Crippen molar-refractivity contribution < 1.29 is 14.3 Å². The molecule has 2 unspecified atom stereocenters. The first-order valence-electron chi connectivity index (χ1n) is 11.3. The molecule has 172 valence electrons. The highest BCUT2D eigenvalue weighted by Gasteiger charge is 2.33. The number of amides is 2. The van der Waals surface area contributed by atoms with Crippen LogP contribution in [-0.2, 0) is 11.8 Å². The molecule has 1 aliphatic rings. The number of carbonyl (C=O) groups is 2. The van der Waals surface area contributed by atoms with Crippen LogP contribution in [0.2, 0.25) is 0 Å². The van der Waals surface area contributed by atoms with E-state index in [4.69, 9.17) is 4.74 Å². The van der Waals surface area contributed by atoms with Gasteiger partial charge in [-0.1, -0.05) is 30.3 Å². The summed E-state index contributed by atoms with van der Waals surface area (Å²) in [4.78, 5) is 29.6. The first-order chi connectivity index (χ1) is 15.8. The lowest BCUT2D eigenvalue weighted by Gasteiger charge is -2.40. The molecule has 4 rings (SSSR count). The lowest BCUT2D eigenvalue weighted by atomic mass is 10.0. The SMILES string of the molecule is Cc1c(OC(C)C(=O)N2CCN(C(=O)c3ccccc3)CC2C)cccc1-c1ccn(C)n1. The van der Waals surface area contributed by atoms with Crippen LogP contribution in [0, 0.1) is 6.92 Å². The van der Waals surface area contributed by atoms with Crippen LogP contribution in [0.25, 0.3) is 11.3 Å². The molecule has 2 heterocycles. The van der Waals surface area contributed by atoms with Crippen LogP contribution in [0.4, 0.5) is 0 Å². The van der Waals surface area contributed by atoms with Crippen LogP contribution in [0.5, 0.6) is 5.75 Å². The van der Waals surface area contributed by atoms with Gasteiger partial charge in [-0.2, -0.15) is 5.10 Å². The highest BCUT2D eigenvalue weighted by molar-refractivity contribution is 5.94. The molecule has 2 amide bonds. The number of benzene rings is 2. The Morgan fingerprint density at radius 3 is 2.48 bits per heavy atom. The molecule has 0 bridgehead atoms. The fourth-order valence-corrected chi connectivity index (χ4v) is 4.29. The molecule has 0 aliphatic carbocycles. The molecule has 2 atom stereocenters. The molecule has 3 aromatic rings. The van der Waals surface area contributed by atoms with Crippen molar-refractivity contribution >= 4 is 11.8 Å². The largest absolute Gasteiger partial charge is 0.481 e. The van der Waals surface area contributed by atoms with Gasteiger partial charge in [0, 0.05) is 55.6 Å². The summed E-state index contributed by atoms with van der Waals surface area (Å²) >= 11 is 0. The number of piperazine rings is 1. The van der Waals surface area contributed by atoms with Crippen molar-refractivity contribution in [3.8, 4) is 17.0 Å². The van der Waals surface area contributed by atoms with Crippen LogP contribution in [0.1, 0.15) is 29.8 Å². The summed E-state index contributed by atoms with van der Waals surface area (Å²) in [6, 6.07) is 16.9. The van der Waals surface area contributed by atoms with Gasteiger partial charge in [-0.3, -0.25) is 14.3 Å². The first kappa shape index (κ1) is 22.6. The van der Waals surface area contributed by atoms with Gasteiger partial charge in [0.15, 0.2) is 6.10 Å². The summed E-state index contributed by atoms with van der Waals surface area (Å²) < 4.78 is 7.88. The van der Waals surface area contributed by atoms with E-state index in [0.717, 1.165) is 16.8 Å². The number of ether oxygens (including phenoxy) is 1. The number of hydrogen-bond donors (Lipinski definition) is 0. The second-order valence-electron chi connectivity index (χ2n) is 8.56. The average Bonchev–Trinajstić information content (AvgIpc) is 3.26. The molecular formula is C26H30N4O3. The number of nitrogens with zero attached hydrogens (tertiary/aromatic N) is 4. The third kappa shape index (κ3) is 4.77. The summed E-state index contributed by atoms with van der Waals surface area (Å²) in [5.41, 5.74) is 3.47. The van der Waals surface area contributed by atoms with Crippen molar-refractivity contribution in [2.24, 2.45) is 7.05 Å². The van der Waals surface area contributed by atoms with E-state index in [1.165, 1.54) is 0 Å².